The molecule has 0 spiro atoms. The van der Waals surface area contributed by atoms with E-state index in [4.69, 9.17) is 4.74 Å². The Labute approximate surface area is 120 Å². The van der Waals surface area contributed by atoms with Crippen molar-refractivity contribution in [2.24, 2.45) is 0 Å². The van der Waals surface area contributed by atoms with Gasteiger partial charge in [-0.3, -0.25) is 25.0 Å². The zero-order valence-electron chi connectivity index (χ0n) is 11.2. The van der Waals surface area contributed by atoms with Crippen LogP contribution in [0.4, 0.5) is 11.4 Å². The van der Waals surface area contributed by atoms with E-state index >= 15 is 0 Å². The maximum atomic E-state index is 12.0. The molecule has 0 amide bonds. The molecule has 0 radical (unpaired) electrons. The molecule has 1 unspecified atom stereocenters. The van der Waals surface area contributed by atoms with Crippen LogP contribution in [0.2, 0.25) is 0 Å². The van der Waals surface area contributed by atoms with Crippen LogP contribution in [0.1, 0.15) is 36.0 Å². The number of ether oxygens (including phenoxy) is 1. The summed E-state index contributed by atoms with van der Waals surface area (Å²) < 4.78 is 5.40. The lowest BCUT2D eigenvalue weighted by Crippen LogP contribution is -2.09. The Hall–Kier alpha value is -2.35. The van der Waals surface area contributed by atoms with Gasteiger partial charge in [-0.05, 0) is 25.3 Å². The summed E-state index contributed by atoms with van der Waals surface area (Å²) in [6.07, 6.45) is 2.71. The van der Waals surface area contributed by atoms with Crippen LogP contribution in [0.5, 0.6) is 0 Å². The van der Waals surface area contributed by atoms with Crippen LogP contribution in [0, 0.1) is 20.2 Å². The number of carbonyl (C=O) groups excluding carboxylic acids is 1. The van der Waals surface area contributed by atoms with Gasteiger partial charge in [0.2, 0.25) is 0 Å². The van der Waals surface area contributed by atoms with Crippen molar-refractivity contribution in [3.05, 3.63) is 44.0 Å². The maximum Gasteiger partial charge on any atom is 0.346 e. The quantitative estimate of drug-likeness (QED) is 0.452. The fourth-order valence-corrected chi connectivity index (χ4v) is 2.31. The lowest BCUT2D eigenvalue weighted by Gasteiger charge is -2.08. The topological polar surface area (TPSA) is 113 Å². The Morgan fingerprint density at radius 2 is 1.95 bits per heavy atom. The van der Waals surface area contributed by atoms with Crippen LogP contribution in [0.15, 0.2) is 18.2 Å². The molecule has 1 aromatic carbocycles. The molecule has 1 heterocycles. The minimum atomic E-state index is -0.852. The number of ketones is 1. The summed E-state index contributed by atoms with van der Waals surface area (Å²) >= 11 is 0. The van der Waals surface area contributed by atoms with Crippen LogP contribution >= 0.6 is 0 Å². The van der Waals surface area contributed by atoms with Crippen molar-refractivity contribution in [3.63, 3.8) is 0 Å². The Kier molecular flexibility index (Phi) is 4.59. The Balaban J connectivity index is 2.11. The third-order valence-corrected chi connectivity index (χ3v) is 3.41. The average Bonchev–Trinajstić information content (AvgIpc) is 2.97. The summed E-state index contributed by atoms with van der Waals surface area (Å²) in [7, 11) is 0. The molecule has 1 atom stereocenters. The summed E-state index contributed by atoms with van der Waals surface area (Å²) in [5.41, 5.74) is -1.16. The highest BCUT2D eigenvalue weighted by Gasteiger charge is 2.26. The molecule has 2 rings (SSSR count). The van der Waals surface area contributed by atoms with Gasteiger partial charge >= 0.3 is 11.4 Å². The van der Waals surface area contributed by atoms with E-state index in [1.165, 1.54) is 6.07 Å². The van der Waals surface area contributed by atoms with Gasteiger partial charge in [-0.15, -0.1) is 0 Å². The monoisotopic (exact) mass is 294 g/mol. The van der Waals surface area contributed by atoms with Crippen molar-refractivity contribution >= 4 is 17.2 Å². The predicted molar refractivity (Wildman–Crippen MR) is 72.3 cm³/mol. The van der Waals surface area contributed by atoms with Crippen molar-refractivity contribution in [3.8, 4) is 0 Å². The second-order valence-electron chi connectivity index (χ2n) is 4.81. The smallest absolute Gasteiger partial charge is 0.346 e. The van der Waals surface area contributed by atoms with Crippen LogP contribution in [-0.2, 0) is 4.74 Å². The van der Waals surface area contributed by atoms with E-state index in [1.807, 2.05) is 0 Å². The first-order chi connectivity index (χ1) is 9.99. The van der Waals surface area contributed by atoms with Crippen molar-refractivity contribution in [2.45, 2.75) is 31.8 Å². The molecule has 8 heteroatoms. The van der Waals surface area contributed by atoms with E-state index in [-0.39, 0.29) is 23.9 Å². The van der Waals surface area contributed by atoms with Gasteiger partial charge in [-0.25, -0.2) is 0 Å². The molecule has 1 aromatic rings. The summed E-state index contributed by atoms with van der Waals surface area (Å²) in [5, 5.41) is 21.5. The lowest BCUT2D eigenvalue weighted by molar-refractivity contribution is -0.422. The fourth-order valence-electron chi connectivity index (χ4n) is 2.31. The molecular formula is C13H14N2O6. The standard InChI is InChI=1S/C13H14N2O6/c16-13(6-4-10-2-1-7-21-10)9-3-5-11(14(17)18)12(8-9)15(19)20/h3,5,8,10H,1-2,4,6-7H2. The van der Waals surface area contributed by atoms with Crippen molar-refractivity contribution in [1.82, 2.24) is 0 Å². The fraction of sp³-hybridized carbons (Fsp3) is 0.462. The second-order valence-corrected chi connectivity index (χ2v) is 4.81. The molecule has 0 aliphatic carbocycles. The van der Waals surface area contributed by atoms with E-state index < -0.39 is 21.2 Å². The SMILES string of the molecule is O=C(CCC1CCCO1)c1ccc([N+](=O)[O-])c([N+](=O)[O-])c1. The molecule has 112 valence electrons. The second kappa shape index (κ2) is 6.40. The number of carbonyl (C=O) groups is 1. The van der Waals surface area contributed by atoms with Crippen molar-refractivity contribution in [2.75, 3.05) is 6.61 Å². The molecule has 0 bridgehead atoms. The molecule has 1 aliphatic heterocycles. The summed E-state index contributed by atoms with van der Waals surface area (Å²) in [6.45, 7) is 0.696. The molecule has 1 fully saturated rings. The number of rotatable bonds is 6. The Morgan fingerprint density at radius 1 is 1.24 bits per heavy atom. The lowest BCUT2D eigenvalue weighted by atomic mass is 10.0. The van der Waals surface area contributed by atoms with E-state index in [2.05, 4.69) is 0 Å². The zero-order valence-corrected chi connectivity index (χ0v) is 11.2. The maximum absolute atomic E-state index is 12.0. The van der Waals surface area contributed by atoms with Gasteiger partial charge in [0.15, 0.2) is 5.78 Å². The summed E-state index contributed by atoms with van der Waals surface area (Å²) in [5.74, 6) is -0.275. The van der Waals surface area contributed by atoms with Crippen molar-refractivity contribution in [1.29, 1.82) is 0 Å². The van der Waals surface area contributed by atoms with E-state index in [0.29, 0.717) is 13.0 Å². The van der Waals surface area contributed by atoms with Gasteiger partial charge in [0.25, 0.3) is 0 Å². The van der Waals surface area contributed by atoms with Gasteiger partial charge in [-0.2, -0.15) is 0 Å². The van der Waals surface area contributed by atoms with Gasteiger partial charge in [0, 0.05) is 30.7 Å². The highest BCUT2D eigenvalue weighted by atomic mass is 16.6. The average molecular weight is 294 g/mol. The largest absolute Gasteiger partial charge is 0.378 e. The van der Waals surface area contributed by atoms with Gasteiger partial charge in [0.05, 0.1) is 16.0 Å². The molecule has 0 N–H and O–H groups in total. The number of Topliss-reactive ketones (excluding diaryl/α,β-unsaturated/α-hetero) is 1. The summed E-state index contributed by atoms with van der Waals surface area (Å²) in [4.78, 5) is 31.9. The van der Waals surface area contributed by atoms with Crippen LogP contribution in [-0.4, -0.2) is 28.3 Å². The molecule has 1 aliphatic rings. The molecular weight excluding hydrogens is 280 g/mol. The highest BCUT2D eigenvalue weighted by Crippen LogP contribution is 2.28. The number of nitro benzene ring substituents is 2. The van der Waals surface area contributed by atoms with Crippen molar-refractivity contribution < 1.29 is 19.4 Å². The number of benzene rings is 1. The zero-order chi connectivity index (χ0) is 15.4. The number of nitro groups is 2. The molecule has 0 aromatic heterocycles. The first-order valence-corrected chi connectivity index (χ1v) is 6.56. The van der Waals surface area contributed by atoms with E-state index in [9.17, 15) is 25.0 Å². The Bertz CT molecular complexity index is 580. The number of hydrogen-bond donors (Lipinski definition) is 0. The summed E-state index contributed by atoms with van der Waals surface area (Å²) in [6, 6.07) is 3.22. The molecule has 21 heavy (non-hydrogen) atoms. The first-order valence-electron chi connectivity index (χ1n) is 6.56. The highest BCUT2D eigenvalue weighted by molar-refractivity contribution is 5.97. The number of nitrogens with zero attached hydrogens (tertiary/aromatic N) is 2. The third-order valence-electron chi connectivity index (χ3n) is 3.41. The third kappa shape index (κ3) is 3.60. The first kappa shape index (κ1) is 15.0. The Morgan fingerprint density at radius 3 is 2.52 bits per heavy atom. The van der Waals surface area contributed by atoms with E-state index in [0.717, 1.165) is 25.0 Å². The van der Waals surface area contributed by atoms with Crippen LogP contribution in [0.25, 0.3) is 0 Å². The minimum Gasteiger partial charge on any atom is -0.378 e. The van der Waals surface area contributed by atoms with E-state index in [1.54, 1.807) is 0 Å². The predicted octanol–water partition coefficient (Wildman–Crippen LogP) is 2.64. The van der Waals surface area contributed by atoms with Gasteiger partial charge < -0.3 is 4.74 Å². The van der Waals surface area contributed by atoms with Crippen LogP contribution < -0.4 is 0 Å². The number of hydrogen-bond acceptors (Lipinski definition) is 6. The minimum absolute atomic E-state index is 0.0574. The molecule has 1 saturated heterocycles. The molecule has 8 nitrogen and oxygen atoms in total. The van der Waals surface area contributed by atoms with Crippen LogP contribution in [0.3, 0.4) is 0 Å². The van der Waals surface area contributed by atoms with Gasteiger partial charge in [-0.1, -0.05) is 0 Å². The van der Waals surface area contributed by atoms with Gasteiger partial charge in [0.1, 0.15) is 0 Å². The normalized spacial score (nSPS) is 17.6. The molecule has 0 saturated carbocycles.